The average molecular weight is 318 g/mol. The van der Waals surface area contributed by atoms with Crippen LogP contribution in [0.1, 0.15) is 18.9 Å². The van der Waals surface area contributed by atoms with Crippen molar-refractivity contribution in [1.29, 1.82) is 0 Å². The maximum atomic E-state index is 5.40. The molecule has 118 valence electrons. The molecule has 2 rings (SSSR count). The number of aryl methyl sites for hydroxylation is 2. The maximum absolute atomic E-state index is 5.40. The number of thiocarbonyl (C=S) groups is 1. The van der Waals surface area contributed by atoms with Crippen molar-refractivity contribution in [2.24, 2.45) is 0 Å². The molecule has 0 unspecified atom stereocenters. The van der Waals surface area contributed by atoms with Crippen molar-refractivity contribution < 1.29 is 4.74 Å². The van der Waals surface area contributed by atoms with Crippen LogP contribution in [0.3, 0.4) is 0 Å². The summed E-state index contributed by atoms with van der Waals surface area (Å²) in [7, 11) is 0. The predicted octanol–water partition coefficient (Wildman–Crippen LogP) is 2.97. The highest BCUT2D eigenvalue weighted by Gasteiger charge is 1.99. The van der Waals surface area contributed by atoms with Gasteiger partial charge in [-0.2, -0.15) is 5.10 Å². The molecular weight excluding hydrogens is 296 g/mol. The van der Waals surface area contributed by atoms with Gasteiger partial charge in [-0.25, -0.2) is 0 Å². The molecule has 2 aromatic rings. The fraction of sp³-hybridized carbons (Fsp3) is 0.375. The number of hydrogen-bond donors (Lipinski definition) is 2. The lowest BCUT2D eigenvalue weighted by Gasteiger charge is -2.11. The van der Waals surface area contributed by atoms with E-state index in [9.17, 15) is 0 Å². The molecule has 0 aliphatic heterocycles. The van der Waals surface area contributed by atoms with Gasteiger partial charge in [-0.05, 0) is 62.3 Å². The average Bonchev–Trinajstić information content (AvgIpc) is 2.92. The summed E-state index contributed by atoms with van der Waals surface area (Å²) in [6.45, 7) is 6.37. The number of nitrogens with one attached hydrogen (secondary N) is 2. The summed E-state index contributed by atoms with van der Waals surface area (Å²) in [6.07, 6.45) is 4.87. The van der Waals surface area contributed by atoms with Gasteiger partial charge < -0.3 is 15.4 Å². The van der Waals surface area contributed by atoms with Crippen LogP contribution in [0.4, 0.5) is 5.69 Å². The maximum Gasteiger partial charge on any atom is 0.170 e. The van der Waals surface area contributed by atoms with Gasteiger partial charge in [-0.3, -0.25) is 4.68 Å². The first kappa shape index (κ1) is 16.3. The van der Waals surface area contributed by atoms with Crippen molar-refractivity contribution in [1.82, 2.24) is 15.1 Å². The standard InChI is InChI=1S/C16H22N4OS/c1-3-21-15-7-5-14(6-8-15)19-16(22)17-9-4-10-20-12-13(2)11-18-20/h5-8,11-12H,3-4,9-10H2,1-2H3,(H2,17,19,22). The molecule has 1 heterocycles. The highest BCUT2D eigenvalue weighted by molar-refractivity contribution is 7.80. The molecule has 22 heavy (non-hydrogen) atoms. The van der Waals surface area contributed by atoms with Gasteiger partial charge in [-0.15, -0.1) is 0 Å². The largest absolute Gasteiger partial charge is 0.494 e. The molecule has 1 aromatic heterocycles. The Morgan fingerprint density at radius 1 is 1.32 bits per heavy atom. The zero-order valence-electron chi connectivity index (χ0n) is 13.0. The Bertz CT molecular complexity index is 594. The summed E-state index contributed by atoms with van der Waals surface area (Å²) in [5.41, 5.74) is 2.13. The van der Waals surface area contributed by atoms with Crippen LogP contribution in [0.25, 0.3) is 0 Å². The molecule has 0 saturated heterocycles. The Labute approximate surface area is 136 Å². The molecule has 0 spiro atoms. The van der Waals surface area contributed by atoms with Crippen LogP contribution in [0.15, 0.2) is 36.7 Å². The molecule has 0 amide bonds. The minimum absolute atomic E-state index is 0.626. The van der Waals surface area contributed by atoms with E-state index in [1.54, 1.807) is 0 Å². The third-order valence-electron chi connectivity index (χ3n) is 3.04. The second-order valence-electron chi connectivity index (χ2n) is 4.97. The molecule has 0 fully saturated rings. The summed E-state index contributed by atoms with van der Waals surface area (Å²) in [5.74, 6) is 0.862. The van der Waals surface area contributed by atoms with Gasteiger partial charge >= 0.3 is 0 Å². The Morgan fingerprint density at radius 3 is 2.73 bits per heavy atom. The number of ether oxygens (including phenoxy) is 1. The van der Waals surface area contributed by atoms with Crippen LogP contribution >= 0.6 is 12.2 Å². The van der Waals surface area contributed by atoms with Gasteiger partial charge in [0.1, 0.15) is 5.75 Å². The Hall–Kier alpha value is -2.08. The second kappa shape index (κ2) is 8.38. The van der Waals surface area contributed by atoms with Crippen molar-refractivity contribution >= 4 is 23.0 Å². The highest BCUT2D eigenvalue weighted by atomic mass is 32.1. The summed E-state index contributed by atoms with van der Waals surface area (Å²) in [6, 6.07) is 7.75. The first-order valence-corrected chi connectivity index (χ1v) is 7.85. The van der Waals surface area contributed by atoms with E-state index in [-0.39, 0.29) is 0 Å². The molecule has 0 aliphatic rings. The number of rotatable bonds is 7. The van der Waals surface area contributed by atoms with E-state index in [2.05, 4.69) is 15.7 Å². The van der Waals surface area contributed by atoms with Crippen molar-refractivity contribution in [3.63, 3.8) is 0 Å². The minimum Gasteiger partial charge on any atom is -0.494 e. The summed E-state index contributed by atoms with van der Waals surface area (Å²) in [5, 5.41) is 11.2. The molecule has 1 aromatic carbocycles. The number of hydrogen-bond acceptors (Lipinski definition) is 3. The third kappa shape index (κ3) is 5.37. The van der Waals surface area contributed by atoms with Gasteiger partial charge in [0, 0.05) is 25.0 Å². The Kier molecular flexibility index (Phi) is 6.21. The van der Waals surface area contributed by atoms with Crippen molar-refractivity contribution in [2.45, 2.75) is 26.8 Å². The quantitative estimate of drug-likeness (QED) is 0.607. The summed E-state index contributed by atoms with van der Waals surface area (Å²) in [4.78, 5) is 0. The van der Waals surface area contributed by atoms with E-state index in [1.807, 2.05) is 55.2 Å². The van der Waals surface area contributed by atoms with Gasteiger partial charge in [0.2, 0.25) is 0 Å². The van der Waals surface area contributed by atoms with Crippen LogP contribution in [-0.4, -0.2) is 28.0 Å². The van der Waals surface area contributed by atoms with Crippen molar-refractivity contribution in [3.8, 4) is 5.75 Å². The fourth-order valence-electron chi connectivity index (χ4n) is 2.01. The first-order valence-electron chi connectivity index (χ1n) is 7.44. The van der Waals surface area contributed by atoms with Crippen LogP contribution in [0, 0.1) is 6.92 Å². The summed E-state index contributed by atoms with van der Waals surface area (Å²) < 4.78 is 7.35. The molecular formula is C16H22N4OS. The second-order valence-corrected chi connectivity index (χ2v) is 5.38. The van der Waals surface area contributed by atoms with Gasteiger partial charge in [0.05, 0.1) is 12.8 Å². The van der Waals surface area contributed by atoms with E-state index in [0.717, 1.165) is 30.9 Å². The Morgan fingerprint density at radius 2 is 2.09 bits per heavy atom. The van der Waals surface area contributed by atoms with Gasteiger partial charge in [-0.1, -0.05) is 0 Å². The van der Waals surface area contributed by atoms with Crippen LogP contribution < -0.4 is 15.4 Å². The molecule has 0 saturated carbocycles. The van der Waals surface area contributed by atoms with Gasteiger partial charge in [0.25, 0.3) is 0 Å². The number of benzene rings is 1. The zero-order valence-corrected chi connectivity index (χ0v) is 13.8. The number of nitrogens with zero attached hydrogens (tertiary/aromatic N) is 2. The number of aromatic nitrogens is 2. The smallest absolute Gasteiger partial charge is 0.170 e. The molecule has 5 nitrogen and oxygen atoms in total. The van der Waals surface area contributed by atoms with E-state index in [4.69, 9.17) is 17.0 Å². The van der Waals surface area contributed by atoms with E-state index in [1.165, 1.54) is 5.56 Å². The molecule has 0 atom stereocenters. The monoisotopic (exact) mass is 318 g/mol. The molecule has 0 radical (unpaired) electrons. The van der Waals surface area contributed by atoms with Gasteiger partial charge in [0.15, 0.2) is 5.11 Å². The highest BCUT2D eigenvalue weighted by Crippen LogP contribution is 2.15. The summed E-state index contributed by atoms with van der Waals surface area (Å²) >= 11 is 5.28. The van der Waals surface area contributed by atoms with Crippen LogP contribution in [-0.2, 0) is 6.54 Å². The first-order chi connectivity index (χ1) is 10.7. The fourth-order valence-corrected chi connectivity index (χ4v) is 2.23. The lowest BCUT2D eigenvalue weighted by Crippen LogP contribution is -2.29. The normalized spacial score (nSPS) is 10.3. The van der Waals surface area contributed by atoms with Crippen LogP contribution in [0.2, 0.25) is 0 Å². The lowest BCUT2D eigenvalue weighted by atomic mass is 10.3. The molecule has 6 heteroatoms. The van der Waals surface area contributed by atoms with E-state index in [0.29, 0.717) is 11.7 Å². The number of anilines is 1. The third-order valence-corrected chi connectivity index (χ3v) is 3.28. The zero-order chi connectivity index (χ0) is 15.8. The topological polar surface area (TPSA) is 51.1 Å². The van der Waals surface area contributed by atoms with Crippen molar-refractivity contribution in [3.05, 3.63) is 42.2 Å². The Balaban J connectivity index is 1.66. The molecule has 0 aliphatic carbocycles. The molecule has 0 bridgehead atoms. The van der Waals surface area contributed by atoms with E-state index < -0.39 is 0 Å². The van der Waals surface area contributed by atoms with E-state index >= 15 is 0 Å². The SMILES string of the molecule is CCOc1ccc(NC(=S)NCCCn2cc(C)cn2)cc1. The minimum atomic E-state index is 0.626. The lowest BCUT2D eigenvalue weighted by molar-refractivity contribution is 0.340. The molecule has 2 N–H and O–H groups in total. The van der Waals surface area contributed by atoms with Crippen molar-refractivity contribution in [2.75, 3.05) is 18.5 Å². The predicted molar refractivity (Wildman–Crippen MR) is 93.4 cm³/mol. The van der Waals surface area contributed by atoms with Crippen LogP contribution in [0.5, 0.6) is 5.75 Å².